The van der Waals surface area contributed by atoms with E-state index in [1.807, 2.05) is 12.1 Å². The first-order valence-electron chi connectivity index (χ1n) is 11.0. The summed E-state index contributed by atoms with van der Waals surface area (Å²) in [6.45, 7) is 0. The van der Waals surface area contributed by atoms with E-state index in [0.29, 0.717) is 0 Å². The van der Waals surface area contributed by atoms with E-state index >= 15 is 0 Å². The predicted molar refractivity (Wildman–Crippen MR) is 138 cm³/mol. The third-order valence-corrected chi connectivity index (χ3v) is 7.11. The highest BCUT2D eigenvalue weighted by molar-refractivity contribution is 7.92. The largest absolute Gasteiger partial charge is 0.381 e. The van der Waals surface area contributed by atoms with E-state index in [2.05, 4.69) is 20.0 Å². The molecule has 0 aliphatic rings. The number of nitrogens with one attached hydrogen (secondary N) is 2. The van der Waals surface area contributed by atoms with Crippen LogP contribution < -0.4 is 15.8 Å². The number of fused-ring (bicyclic) bond motifs is 1. The quantitative estimate of drug-likeness (QED) is 0.253. The summed E-state index contributed by atoms with van der Waals surface area (Å²) in [6, 6.07) is 19.6. The van der Waals surface area contributed by atoms with Crippen molar-refractivity contribution in [2.45, 2.75) is 23.5 Å². The van der Waals surface area contributed by atoms with Crippen LogP contribution in [0.1, 0.15) is 16.1 Å². The second kappa shape index (κ2) is 10.9. The SMILES string of the molecule is NC(=O)[C@@H](O)C(Cc1ccccc1)NC(=O)c1nc(NS(=O)(=O)c2ccc3ccccc3c2)ncc1Cl. The van der Waals surface area contributed by atoms with Gasteiger partial charge in [-0.05, 0) is 34.9 Å². The summed E-state index contributed by atoms with van der Waals surface area (Å²) < 4.78 is 28.1. The first-order valence-corrected chi connectivity index (χ1v) is 12.9. The Kier molecular flexibility index (Phi) is 7.67. The van der Waals surface area contributed by atoms with Crippen LogP contribution in [0.25, 0.3) is 10.8 Å². The number of sulfonamides is 1. The lowest BCUT2D eigenvalue weighted by Crippen LogP contribution is -2.50. The Morgan fingerprint density at radius 1 is 1.00 bits per heavy atom. The van der Waals surface area contributed by atoms with Gasteiger partial charge in [0.15, 0.2) is 11.8 Å². The van der Waals surface area contributed by atoms with Crippen LogP contribution in [0.15, 0.2) is 83.9 Å². The Hall–Kier alpha value is -4.06. The zero-order valence-corrected chi connectivity index (χ0v) is 20.8. The summed E-state index contributed by atoms with van der Waals surface area (Å²) >= 11 is 6.11. The molecule has 2 amide bonds. The number of hydrogen-bond donors (Lipinski definition) is 4. The number of carbonyl (C=O) groups is 2. The number of rotatable bonds is 9. The molecule has 0 fully saturated rings. The summed E-state index contributed by atoms with van der Waals surface area (Å²) in [5.74, 6) is -2.28. The van der Waals surface area contributed by atoms with E-state index < -0.39 is 39.9 Å². The van der Waals surface area contributed by atoms with Crippen molar-refractivity contribution < 1.29 is 23.1 Å². The van der Waals surface area contributed by atoms with Crippen molar-refractivity contribution in [3.8, 4) is 0 Å². The number of nitrogens with two attached hydrogens (primary N) is 1. The number of amides is 2. The zero-order valence-electron chi connectivity index (χ0n) is 19.2. The molecule has 10 nitrogen and oxygen atoms in total. The van der Waals surface area contributed by atoms with Gasteiger partial charge in [0, 0.05) is 0 Å². The van der Waals surface area contributed by atoms with Gasteiger partial charge in [-0.25, -0.2) is 23.1 Å². The van der Waals surface area contributed by atoms with Crippen LogP contribution >= 0.6 is 11.6 Å². The number of halogens is 1. The normalized spacial score (nSPS) is 13.0. The highest BCUT2D eigenvalue weighted by atomic mass is 35.5. The maximum Gasteiger partial charge on any atom is 0.271 e. The van der Waals surface area contributed by atoms with Gasteiger partial charge in [0.2, 0.25) is 11.9 Å². The summed E-state index contributed by atoms with van der Waals surface area (Å²) in [6.07, 6.45) is -0.546. The van der Waals surface area contributed by atoms with Gasteiger partial charge in [-0.15, -0.1) is 0 Å². The maximum absolute atomic E-state index is 13.0. The number of hydrogen-bond acceptors (Lipinski definition) is 7. The van der Waals surface area contributed by atoms with Gasteiger partial charge in [-0.1, -0.05) is 72.3 Å². The number of carbonyl (C=O) groups excluding carboxylic acids is 2. The molecule has 0 spiro atoms. The maximum atomic E-state index is 13.0. The van der Waals surface area contributed by atoms with Crippen molar-refractivity contribution in [3.05, 3.63) is 95.3 Å². The number of anilines is 1. The molecule has 1 unspecified atom stereocenters. The minimum atomic E-state index is -4.10. The van der Waals surface area contributed by atoms with E-state index in [0.717, 1.165) is 22.5 Å². The van der Waals surface area contributed by atoms with Gasteiger partial charge in [0.05, 0.1) is 22.2 Å². The molecule has 1 heterocycles. The van der Waals surface area contributed by atoms with Crippen LogP contribution in [0.5, 0.6) is 0 Å². The lowest BCUT2D eigenvalue weighted by molar-refractivity contribution is -0.127. The second-order valence-corrected chi connectivity index (χ2v) is 10.2. The van der Waals surface area contributed by atoms with Crippen LogP contribution in [0, 0.1) is 0 Å². The van der Waals surface area contributed by atoms with Gasteiger partial charge >= 0.3 is 0 Å². The Bertz CT molecular complexity index is 1570. The lowest BCUT2D eigenvalue weighted by Gasteiger charge is -2.22. The molecule has 4 rings (SSSR count). The third kappa shape index (κ3) is 6.20. The third-order valence-electron chi connectivity index (χ3n) is 5.50. The summed E-state index contributed by atoms with van der Waals surface area (Å²) in [5.41, 5.74) is 5.62. The van der Waals surface area contributed by atoms with Crippen LogP contribution in [0.4, 0.5) is 5.95 Å². The predicted octanol–water partition coefficient (Wildman–Crippen LogP) is 2.27. The fourth-order valence-electron chi connectivity index (χ4n) is 3.63. The molecule has 0 radical (unpaired) electrons. The molecule has 12 heteroatoms. The molecule has 0 aliphatic heterocycles. The number of aliphatic hydroxyl groups is 1. The molecule has 2 atom stereocenters. The van der Waals surface area contributed by atoms with Crippen molar-refractivity contribution in [1.29, 1.82) is 0 Å². The molecule has 0 bridgehead atoms. The first kappa shape index (κ1) is 26.0. The fraction of sp³-hybridized carbons (Fsp3) is 0.120. The molecule has 5 N–H and O–H groups in total. The molecular formula is C25H22ClN5O5S. The second-order valence-electron chi connectivity index (χ2n) is 8.12. The first-order chi connectivity index (χ1) is 17.6. The molecule has 3 aromatic carbocycles. The van der Waals surface area contributed by atoms with Crippen molar-refractivity contribution in [2.24, 2.45) is 5.73 Å². The standard InChI is InChI=1S/C25H22ClN5O5S/c26-19-14-28-25(31-37(35,36)18-11-10-16-8-4-5-9-17(16)13-18)30-21(19)24(34)29-20(22(32)23(27)33)12-15-6-2-1-3-7-15/h1-11,13-14,20,22,32H,12H2,(H2,27,33)(H,29,34)(H,28,30,31)/t20?,22-/m0/s1. The van der Waals surface area contributed by atoms with E-state index in [1.165, 1.54) is 12.1 Å². The van der Waals surface area contributed by atoms with E-state index in [9.17, 15) is 23.1 Å². The summed E-state index contributed by atoms with van der Waals surface area (Å²) in [7, 11) is -4.10. The van der Waals surface area contributed by atoms with Crippen LogP contribution in [0.2, 0.25) is 5.02 Å². The van der Waals surface area contributed by atoms with Gasteiger partial charge in [-0.2, -0.15) is 0 Å². The highest BCUT2D eigenvalue weighted by Crippen LogP contribution is 2.22. The molecular weight excluding hydrogens is 518 g/mol. The average molecular weight is 540 g/mol. The molecule has 37 heavy (non-hydrogen) atoms. The number of primary amides is 1. The van der Waals surface area contributed by atoms with E-state index in [1.54, 1.807) is 48.5 Å². The minimum Gasteiger partial charge on any atom is -0.381 e. The van der Waals surface area contributed by atoms with Gasteiger partial charge in [0.25, 0.3) is 15.9 Å². The average Bonchev–Trinajstić information content (AvgIpc) is 2.89. The Balaban J connectivity index is 1.57. The number of nitrogens with zero attached hydrogens (tertiary/aromatic N) is 2. The molecule has 0 saturated carbocycles. The van der Waals surface area contributed by atoms with Gasteiger partial charge in [-0.3, -0.25) is 9.59 Å². The van der Waals surface area contributed by atoms with Gasteiger partial charge in [0.1, 0.15) is 0 Å². The van der Waals surface area contributed by atoms with Gasteiger partial charge < -0.3 is 16.2 Å². The van der Waals surface area contributed by atoms with Crippen LogP contribution in [-0.4, -0.2) is 47.5 Å². The summed E-state index contributed by atoms with van der Waals surface area (Å²) in [5, 5.41) is 14.2. The highest BCUT2D eigenvalue weighted by Gasteiger charge is 2.28. The van der Waals surface area contributed by atoms with Crippen molar-refractivity contribution in [2.75, 3.05) is 4.72 Å². The summed E-state index contributed by atoms with van der Waals surface area (Å²) in [4.78, 5) is 32.4. The van der Waals surface area contributed by atoms with Crippen LogP contribution in [0.3, 0.4) is 0 Å². The molecule has 190 valence electrons. The topological polar surface area (TPSA) is 164 Å². The monoisotopic (exact) mass is 539 g/mol. The lowest BCUT2D eigenvalue weighted by atomic mass is 10.0. The molecule has 4 aromatic rings. The van der Waals surface area contributed by atoms with E-state index in [4.69, 9.17) is 17.3 Å². The van der Waals surface area contributed by atoms with E-state index in [-0.39, 0.29) is 22.0 Å². The zero-order chi connectivity index (χ0) is 26.6. The Morgan fingerprint density at radius 2 is 1.68 bits per heavy atom. The van der Waals surface area contributed by atoms with Crippen molar-refractivity contribution >= 4 is 50.2 Å². The number of aromatic nitrogens is 2. The van der Waals surface area contributed by atoms with Crippen molar-refractivity contribution in [3.63, 3.8) is 0 Å². The Morgan fingerprint density at radius 3 is 2.38 bits per heavy atom. The molecule has 0 aliphatic carbocycles. The molecule has 0 saturated heterocycles. The fourth-order valence-corrected chi connectivity index (χ4v) is 4.80. The Labute approximate surface area is 217 Å². The smallest absolute Gasteiger partial charge is 0.271 e. The number of benzene rings is 3. The minimum absolute atomic E-state index is 0.0248. The molecule has 1 aromatic heterocycles. The van der Waals surface area contributed by atoms with Crippen LogP contribution in [-0.2, 0) is 21.2 Å². The number of aliphatic hydroxyl groups excluding tert-OH is 1. The van der Waals surface area contributed by atoms with Crippen molar-refractivity contribution in [1.82, 2.24) is 15.3 Å².